The van der Waals surface area contributed by atoms with Crippen LogP contribution in [-0.2, 0) is 9.53 Å². The van der Waals surface area contributed by atoms with Gasteiger partial charge in [0, 0.05) is 25.4 Å². The highest BCUT2D eigenvalue weighted by Crippen LogP contribution is 2.26. The van der Waals surface area contributed by atoms with Crippen LogP contribution in [0.2, 0.25) is 0 Å². The second-order valence-electron chi connectivity index (χ2n) is 5.06. The Bertz CT molecular complexity index is 463. The number of nitrogens with zero attached hydrogens (tertiary/aromatic N) is 1. The minimum atomic E-state index is -0.108. The number of carbonyl (C=O) groups excluding carboxylic acids is 1. The van der Waals surface area contributed by atoms with Crippen LogP contribution in [0, 0.1) is 0 Å². The Hall–Kier alpha value is -1.79. The van der Waals surface area contributed by atoms with E-state index in [1.165, 1.54) is 0 Å². The molecule has 0 spiro atoms. The lowest BCUT2D eigenvalue weighted by atomic mass is 10.2. The molecule has 0 aromatic heterocycles. The van der Waals surface area contributed by atoms with Crippen molar-refractivity contribution in [2.24, 2.45) is 0 Å². The fraction of sp³-hybridized carbons (Fsp3) is 0.533. The molecule has 0 saturated carbocycles. The average molecular weight is 295 g/mol. The highest BCUT2D eigenvalue weighted by Gasteiger charge is 2.15. The number of methoxy groups -OCH3 is 2. The van der Waals surface area contributed by atoms with Crippen molar-refractivity contribution in [3.63, 3.8) is 0 Å². The van der Waals surface area contributed by atoms with Crippen molar-refractivity contribution in [1.29, 1.82) is 0 Å². The molecule has 0 heterocycles. The van der Waals surface area contributed by atoms with Gasteiger partial charge in [0.05, 0.1) is 25.9 Å². The van der Waals surface area contributed by atoms with Crippen LogP contribution in [0.3, 0.4) is 0 Å². The van der Waals surface area contributed by atoms with Gasteiger partial charge in [0.15, 0.2) is 0 Å². The number of ether oxygens (including phenoxy) is 2. The van der Waals surface area contributed by atoms with E-state index in [9.17, 15) is 4.79 Å². The number of nitrogens with two attached hydrogens (primary N) is 1. The molecule has 0 aliphatic carbocycles. The van der Waals surface area contributed by atoms with Gasteiger partial charge in [-0.25, -0.2) is 0 Å². The zero-order valence-electron chi connectivity index (χ0n) is 13.2. The van der Waals surface area contributed by atoms with E-state index in [1.807, 2.05) is 18.7 Å². The Morgan fingerprint density at radius 3 is 2.67 bits per heavy atom. The molecule has 0 fully saturated rings. The molecule has 6 nitrogen and oxygen atoms in total. The normalized spacial score (nSPS) is 11.0. The van der Waals surface area contributed by atoms with E-state index in [0.717, 1.165) is 0 Å². The number of carbonyl (C=O) groups is 1. The first-order chi connectivity index (χ1) is 9.97. The van der Waals surface area contributed by atoms with Gasteiger partial charge in [0.25, 0.3) is 0 Å². The van der Waals surface area contributed by atoms with Gasteiger partial charge in [-0.3, -0.25) is 9.69 Å². The smallest absolute Gasteiger partial charge is 0.238 e. The van der Waals surface area contributed by atoms with Gasteiger partial charge in [0.1, 0.15) is 5.75 Å². The Labute approximate surface area is 126 Å². The number of nitrogen functional groups attached to an aromatic ring is 1. The van der Waals surface area contributed by atoms with Gasteiger partial charge in [-0.05, 0) is 32.0 Å². The summed E-state index contributed by atoms with van der Waals surface area (Å²) in [4.78, 5) is 14.2. The third-order valence-corrected chi connectivity index (χ3v) is 3.16. The zero-order valence-corrected chi connectivity index (χ0v) is 13.2. The minimum absolute atomic E-state index is 0.108. The van der Waals surface area contributed by atoms with E-state index in [1.54, 1.807) is 32.4 Å². The molecule has 0 bridgehead atoms. The molecule has 1 aromatic carbocycles. The molecule has 118 valence electrons. The number of amides is 1. The molecule has 6 heteroatoms. The van der Waals surface area contributed by atoms with Crippen LogP contribution in [0.25, 0.3) is 0 Å². The zero-order chi connectivity index (χ0) is 15.8. The topological polar surface area (TPSA) is 76.8 Å². The van der Waals surface area contributed by atoms with E-state index in [4.69, 9.17) is 15.2 Å². The number of rotatable bonds is 8. The molecule has 0 saturated heterocycles. The van der Waals surface area contributed by atoms with Gasteiger partial charge in [-0.1, -0.05) is 0 Å². The largest absolute Gasteiger partial charge is 0.495 e. The fourth-order valence-corrected chi connectivity index (χ4v) is 1.93. The quantitative estimate of drug-likeness (QED) is 0.712. The summed E-state index contributed by atoms with van der Waals surface area (Å²) in [5.41, 5.74) is 6.90. The second kappa shape index (κ2) is 8.49. The van der Waals surface area contributed by atoms with E-state index in [2.05, 4.69) is 5.32 Å². The molecule has 1 amide bonds. The first-order valence-electron chi connectivity index (χ1n) is 6.94. The summed E-state index contributed by atoms with van der Waals surface area (Å²) in [7, 11) is 3.20. The van der Waals surface area contributed by atoms with Gasteiger partial charge in [0.2, 0.25) is 5.91 Å². The number of nitrogens with one attached hydrogen (secondary N) is 1. The Morgan fingerprint density at radius 2 is 2.10 bits per heavy atom. The van der Waals surface area contributed by atoms with Crippen LogP contribution in [0.4, 0.5) is 11.4 Å². The molecule has 21 heavy (non-hydrogen) atoms. The van der Waals surface area contributed by atoms with Gasteiger partial charge in [-0.2, -0.15) is 0 Å². The number of benzene rings is 1. The van der Waals surface area contributed by atoms with Gasteiger partial charge in [-0.15, -0.1) is 0 Å². The molecular weight excluding hydrogens is 270 g/mol. The maximum absolute atomic E-state index is 12.2. The van der Waals surface area contributed by atoms with E-state index in [-0.39, 0.29) is 11.9 Å². The highest BCUT2D eigenvalue weighted by atomic mass is 16.5. The summed E-state index contributed by atoms with van der Waals surface area (Å²) < 4.78 is 10.3. The lowest BCUT2D eigenvalue weighted by molar-refractivity contribution is -0.117. The first kappa shape index (κ1) is 17.3. The average Bonchev–Trinajstić information content (AvgIpc) is 2.43. The molecule has 1 aromatic rings. The van der Waals surface area contributed by atoms with Crippen molar-refractivity contribution < 1.29 is 14.3 Å². The van der Waals surface area contributed by atoms with Crippen molar-refractivity contribution in [1.82, 2.24) is 4.90 Å². The molecule has 0 atom stereocenters. The summed E-state index contributed by atoms with van der Waals surface area (Å²) >= 11 is 0. The van der Waals surface area contributed by atoms with Gasteiger partial charge < -0.3 is 20.5 Å². The second-order valence-corrected chi connectivity index (χ2v) is 5.06. The third-order valence-electron chi connectivity index (χ3n) is 3.16. The van der Waals surface area contributed by atoms with Crippen LogP contribution >= 0.6 is 0 Å². The molecule has 1 rings (SSSR count). The van der Waals surface area contributed by atoms with E-state index < -0.39 is 0 Å². The monoisotopic (exact) mass is 295 g/mol. The van der Waals surface area contributed by atoms with E-state index >= 15 is 0 Å². The Balaban J connectivity index is 2.69. The van der Waals surface area contributed by atoms with Crippen LogP contribution in [-0.4, -0.2) is 50.8 Å². The summed E-state index contributed by atoms with van der Waals surface area (Å²) in [5, 5.41) is 2.84. The third kappa shape index (κ3) is 5.61. The standard InChI is InChI=1S/C15H25N3O3/c1-11(2)18(7-8-20-3)10-15(19)17-13-9-12(16)5-6-14(13)21-4/h5-6,9,11H,7-8,10,16H2,1-4H3,(H,17,19). The first-order valence-corrected chi connectivity index (χ1v) is 6.94. The molecule has 0 aliphatic rings. The predicted molar refractivity (Wildman–Crippen MR) is 84.6 cm³/mol. The molecular formula is C15H25N3O3. The van der Waals surface area contributed by atoms with Crippen LogP contribution in [0.15, 0.2) is 18.2 Å². The molecule has 0 radical (unpaired) electrons. The lowest BCUT2D eigenvalue weighted by Crippen LogP contribution is -2.40. The van der Waals surface area contributed by atoms with Crippen molar-refractivity contribution in [2.45, 2.75) is 19.9 Å². The summed E-state index contributed by atoms with van der Waals surface area (Å²) in [6.45, 7) is 5.68. The Kier molecular flexibility index (Phi) is 6.98. The lowest BCUT2D eigenvalue weighted by Gasteiger charge is -2.25. The highest BCUT2D eigenvalue weighted by molar-refractivity contribution is 5.94. The van der Waals surface area contributed by atoms with Crippen molar-refractivity contribution >= 4 is 17.3 Å². The summed E-state index contributed by atoms with van der Waals surface area (Å²) in [6.07, 6.45) is 0. The molecule has 0 unspecified atom stereocenters. The van der Waals surface area contributed by atoms with Crippen molar-refractivity contribution in [3.8, 4) is 5.75 Å². The van der Waals surface area contributed by atoms with E-state index in [0.29, 0.717) is 36.8 Å². The van der Waals surface area contributed by atoms with Crippen molar-refractivity contribution in [3.05, 3.63) is 18.2 Å². The summed E-state index contributed by atoms with van der Waals surface area (Å²) in [6, 6.07) is 5.41. The number of hydrogen-bond acceptors (Lipinski definition) is 5. The van der Waals surface area contributed by atoms with Crippen molar-refractivity contribution in [2.75, 3.05) is 45.0 Å². The SMILES string of the molecule is COCCN(CC(=O)Nc1cc(N)ccc1OC)C(C)C. The molecule has 3 N–H and O–H groups in total. The maximum Gasteiger partial charge on any atom is 0.238 e. The molecule has 0 aliphatic heterocycles. The predicted octanol–water partition coefficient (Wildman–Crippen LogP) is 1.57. The Morgan fingerprint density at radius 1 is 1.38 bits per heavy atom. The number of anilines is 2. The summed E-state index contributed by atoms with van der Waals surface area (Å²) in [5.74, 6) is 0.481. The van der Waals surface area contributed by atoms with Crippen LogP contribution in [0.5, 0.6) is 5.75 Å². The van der Waals surface area contributed by atoms with Gasteiger partial charge >= 0.3 is 0 Å². The fourth-order valence-electron chi connectivity index (χ4n) is 1.93. The minimum Gasteiger partial charge on any atom is -0.495 e. The number of hydrogen-bond donors (Lipinski definition) is 2. The maximum atomic E-state index is 12.2. The van der Waals surface area contributed by atoms with Crippen LogP contribution < -0.4 is 15.8 Å². The van der Waals surface area contributed by atoms with Crippen LogP contribution in [0.1, 0.15) is 13.8 Å².